The molecule has 0 aliphatic carbocycles. The highest BCUT2D eigenvalue weighted by Gasteiger charge is 2.27. The third-order valence-electron chi connectivity index (χ3n) is 5.67. The van der Waals surface area contributed by atoms with Crippen molar-refractivity contribution in [3.63, 3.8) is 0 Å². The summed E-state index contributed by atoms with van der Waals surface area (Å²) in [5, 5.41) is 0.711. The highest BCUT2D eigenvalue weighted by molar-refractivity contribution is 7.89. The fourth-order valence-corrected chi connectivity index (χ4v) is 5.23. The first-order chi connectivity index (χ1) is 14.8. The van der Waals surface area contributed by atoms with Crippen molar-refractivity contribution in [2.45, 2.75) is 38.2 Å². The summed E-state index contributed by atoms with van der Waals surface area (Å²) in [5.74, 6) is -0.602. The van der Waals surface area contributed by atoms with E-state index in [4.69, 9.17) is 9.15 Å². The summed E-state index contributed by atoms with van der Waals surface area (Å²) in [4.78, 5) is 24.6. The molecule has 1 aromatic heterocycles. The summed E-state index contributed by atoms with van der Waals surface area (Å²) in [6, 6.07) is 10.8. The third kappa shape index (κ3) is 4.13. The molecule has 1 fully saturated rings. The van der Waals surface area contributed by atoms with Crippen molar-refractivity contribution in [1.29, 1.82) is 0 Å². The average Bonchev–Trinajstić information content (AvgIpc) is 3.31. The molecule has 1 saturated heterocycles. The molecule has 162 valence electrons. The van der Waals surface area contributed by atoms with Gasteiger partial charge in [0.25, 0.3) is 0 Å². The molecule has 8 heteroatoms. The maximum Gasteiger partial charge on any atom is 0.338 e. The zero-order valence-corrected chi connectivity index (χ0v) is 18.2. The van der Waals surface area contributed by atoms with E-state index in [9.17, 15) is 18.0 Å². The van der Waals surface area contributed by atoms with Crippen molar-refractivity contribution < 1.29 is 22.4 Å². The zero-order valence-electron chi connectivity index (χ0n) is 17.4. The molecule has 2 aromatic carbocycles. The number of aryl methyl sites for hydroxylation is 2. The van der Waals surface area contributed by atoms with Gasteiger partial charge in [0.1, 0.15) is 12.2 Å². The molecule has 0 bridgehead atoms. The van der Waals surface area contributed by atoms with Gasteiger partial charge in [-0.25, -0.2) is 18.0 Å². The maximum absolute atomic E-state index is 12.6. The van der Waals surface area contributed by atoms with E-state index in [1.54, 1.807) is 0 Å². The SMILES string of the molecule is Cc1ccc2c(COC(=O)c3ccc(S(=O)(=O)N4CCCC4)cc3)cc(=O)oc2c1C. The average molecular weight is 442 g/mol. The van der Waals surface area contributed by atoms with E-state index in [0.717, 1.165) is 24.0 Å². The molecule has 0 spiro atoms. The van der Waals surface area contributed by atoms with E-state index in [1.165, 1.54) is 34.6 Å². The van der Waals surface area contributed by atoms with Crippen LogP contribution in [0, 0.1) is 13.8 Å². The maximum atomic E-state index is 12.6. The van der Waals surface area contributed by atoms with Crippen LogP contribution in [0.5, 0.6) is 0 Å². The number of hydrogen-bond acceptors (Lipinski definition) is 6. The Labute approximate surface area is 180 Å². The molecular weight excluding hydrogens is 418 g/mol. The van der Waals surface area contributed by atoms with E-state index in [2.05, 4.69) is 0 Å². The third-order valence-corrected chi connectivity index (χ3v) is 7.58. The molecule has 1 aliphatic rings. The molecule has 31 heavy (non-hydrogen) atoms. The fourth-order valence-electron chi connectivity index (χ4n) is 3.71. The van der Waals surface area contributed by atoms with E-state index in [1.807, 2.05) is 26.0 Å². The van der Waals surface area contributed by atoms with Crippen LogP contribution in [0.3, 0.4) is 0 Å². The first-order valence-electron chi connectivity index (χ1n) is 10.1. The van der Waals surface area contributed by atoms with E-state index < -0.39 is 21.6 Å². The van der Waals surface area contributed by atoms with Crippen LogP contribution in [0.2, 0.25) is 0 Å². The number of esters is 1. The summed E-state index contributed by atoms with van der Waals surface area (Å²) < 4.78 is 37.4. The molecule has 7 nitrogen and oxygen atoms in total. The molecular formula is C23H23NO6S. The van der Waals surface area contributed by atoms with Crippen LogP contribution in [0.15, 0.2) is 56.6 Å². The van der Waals surface area contributed by atoms with Crippen LogP contribution >= 0.6 is 0 Å². The van der Waals surface area contributed by atoms with Gasteiger partial charge < -0.3 is 9.15 Å². The van der Waals surface area contributed by atoms with Crippen LogP contribution in [-0.4, -0.2) is 31.8 Å². The van der Waals surface area contributed by atoms with Crippen molar-refractivity contribution in [3.8, 4) is 0 Å². The molecule has 3 aromatic rings. The van der Waals surface area contributed by atoms with Crippen molar-refractivity contribution in [1.82, 2.24) is 4.31 Å². The first kappa shape index (κ1) is 21.3. The van der Waals surface area contributed by atoms with Crippen LogP contribution in [0.25, 0.3) is 11.0 Å². The zero-order chi connectivity index (χ0) is 22.2. The summed E-state index contributed by atoms with van der Waals surface area (Å²) in [6.07, 6.45) is 1.71. The van der Waals surface area contributed by atoms with E-state index in [-0.39, 0.29) is 17.1 Å². The van der Waals surface area contributed by atoms with Gasteiger partial charge in [0.15, 0.2) is 0 Å². The fraction of sp³-hybridized carbons (Fsp3) is 0.304. The molecule has 0 radical (unpaired) electrons. The number of benzene rings is 2. The Morgan fingerprint density at radius 1 is 1.06 bits per heavy atom. The summed E-state index contributed by atoms with van der Waals surface area (Å²) >= 11 is 0. The van der Waals surface area contributed by atoms with Gasteiger partial charge in [-0.3, -0.25) is 0 Å². The number of sulfonamides is 1. The Bertz CT molecular complexity index is 1300. The van der Waals surface area contributed by atoms with Crippen molar-refractivity contribution in [2.24, 2.45) is 0 Å². The van der Waals surface area contributed by atoms with Crippen LogP contribution in [-0.2, 0) is 21.4 Å². The predicted molar refractivity (Wildman–Crippen MR) is 116 cm³/mol. The van der Waals surface area contributed by atoms with Gasteiger partial charge in [-0.1, -0.05) is 12.1 Å². The molecule has 4 rings (SSSR count). The number of fused-ring (bicyclic) bond motifs is 1. The lowest BCUT2D eigenvalue weighted by Gasteiger charge is -2.15. The largest absolute Gasteiger partial charge is 0.457 e. The number of rotatable bonds is 5. The smallest absolute Gasteiger partial charge is 0.338 e. The molecule has 0 unspecified atom stereocenters. The van der Waals surface area contributed by atoms with Crippen molar-refractivity contribution >= 4 is 27.0 Å². The second-order valence-corrected chi connectivity index (χ2v) is 9.62. The van der Waals surface area contributed by atoms with Gasteiger partial charge in [0.2, 0.25) is 10.0 Å². The Kier molecular flexibility index (Phi) is 5.68. The minimum absolute atomic E-state index is 0.0999. The highest BCUT2D eigenvalue weighted by Crippen LogP contribution is 2.24. The monoisotopic (exact) mass is 441 g/mol. The lowest BCUT2D eigenvalue weighted by Crippen LogP contribution is -2.27. The molecule has 0 atom stereocenters. The summed E-state index contributed by atoms with van der Waals surface area (Å²) in [5.41, 5.74) is 2.61. The lowest BCUT2D eigenvalue weighted by atomic mass is 10.0. The normalized spacial score (nSPS) is 14.8. The van der Waals surface area contributed by atoms with Gasteiger partial charge >= 0.3 is 11.6 Å². The highest BCUT2D eigenvalue weighted by atomic mass is 32.2. The second-order valence-electron chi connectivity index (χ2n) is 7.69. The molecule has 0 N–H and O–H groups in total. The van der Waals surface area contributed by atoms with Gasteiger partial charge in [-0.05, 0) is 62.1 Å². The van der Waals surface area contributed by atoms with Crippen molar-refractivity contribution in [2.75, 3.05) is 13.1 Å². The quantitative estimate of drug-likeness (QED) is 0.444. The molecule has 1 aliphatic heterocycles. The van der Waals surface area contributed by atoms with Gasteiger partial charge in [-0.15, -0.1) is 0 Å². The number of ether oxygens (including phenoxy) is 1. The molecule has 0 amide bonds. The molecule has 0 saturated carbocycles. The summed E-state index contributed by atoms with van der Waals surface area (Å²) in [6.45, 7) is 4.73. The lowest BCUT2D eigenvalue weighted by molar-refractivity contribution is 0.0473. The number of hydrogen-bond donors (Lipinski definition) is 0. The second kappa shape index (κ2) is 8.28. The van der Waals surface area contributed by atoms with Gasteiger partial charge in [0, 0.05) is 30.1 Å². The van der Waals surface area contributed by atoms with E-state index in [0.29, 0.717) is 29.6 Å². The molecule has 2 heterocycles. The van der Waals surface area contributed by atoms with Gasteiger partial charge in [-0.2, -0.15) is 4.31 Å². The standard InChI is InChI=1S/C23H23NO6S/c1-15-5-10-20-18(13-21(25)30-22(20)16(15)2)14-29-23(26)17-6-8-19(9-7-17)31(27,28)24-11-3-4-12-24/h5-10,13H,3-4,11-12,14H2,1-2H3. The van der Waals surface area contributed by atoms with Crippen LogP contribution in [0.1, 0.15) is 39.9 Å². The Balaban J connectivity index is 1.52. The minimum Gasteiger partial charge on any atom is -0.457 e. The number of carbonyl (C=O) groups is 1. The Hall–Kier alpha value is -2.97. The van der Waals surface area contributed by atoms with E-state index >= 15 is 0 Å². The Morgan fingerprint density at radius 2 is 1.74 bits per heavy atom. The van der Waals surface area contributed by atoms with Gasteiger partial charge in [0.05, 0.1) is 10.5 Å². The number of carbonyl (C=O) groups excluding carboxylic acids is 1. The van der Waals surface area contributed by atoms with Crippen LogP contribution in [0.4, 0.5) is 0 Å². The minimum atomic E-state index is -3.54. The first-order valence-corrected chi connectivity index (χ1v) is 11.5. The van der Waals surface area contributed by atoms with Crippen molar-refractivity contribution in [3.05, 3.63) is 75.1 Å². The summed E-state index contributed by atoms with van der Waals surface area (Å²) in [7, 11) is -3.54. The predicted octanol–water partition coefficient (Wildman–Crippen LogP) is 3.55. The Morgan fingerprint density at radius 3 is 2.42 bits per heavy atom. The van der Waals surface area contributed by atoms with Crippen LogP contribution < -0.4 is 5.63 Å². The topological polar surface area (TPSA) is 93.9 Å². The number of nitrogens with zero attached hydrogens (tertiary/aromatic N) is 1.